The summed E-state index contributed by atoms with van der Waals surface area (Å²) in [5.41, 5.74) is 1.74. The molecule has 1 saturated carbocycles. The molecule has 0 aromatic heterocycles. The number of carbonyl (C=O) groups excluding carboxylic acids is 2. The highest BCUT2D eigenvalue weighted by molar-refractivity contribution is 5.97. The molecule has 0 amide bonds. The highest BCUT2D eigenvalue weighted by Crippen LogP contribution is 2.26. The van der Waals surface area contributed by atoms with E-state index < -0.39 is 0 Å². The van der Waals surface area contributed by atoms with Crippen molar-refractivity contribution in [3.05, 3.63) is 71.8 Å². The second kappa shape index (κ2) is 13.0. The normalized spacial score (nSPS) is 14.0. The van der Waals surface area contributed by atoms with Gasteiger partial charge in [-0.15, -0.1) is 0 Å². The van der Waals surface area contributed by atoms with Gasteiger partial charge in [-0.05, 0) is 19.3 Å². The van der Waals surface area contributed by atoms with Gasteiger partial charge in [-0.25, -0.2) is 0 Å². The van der Waals surface area contributed by atoms with Crippen LogP contribution in [0.15, 0.2) is 60.7 Å². The molecule has 1 aliphatic carbocycles. The van der Waals surface area contributed by atoms with Crippen LogP contribution in [-0.2, 0) is 0 Å². The van der Waals surface area contributed by atoms with Gasteiger partial charge in [-0.3, -0.25) is 9.59 Å². The number of ketones is 2. The van der Waals surface area contributed by atoms with Crippen LogP contribution in [0.3, 0.4) is 0 Å². The number of hydrogen-bond donors (Lipinski definition) is 0. The van der Waals surface area contributed by atoms with Gasteiger partial charge >= 0.3 is 0 Å². The molecule has 0 heterocycles. The molecule has 0 aliphatic heterocycles. The third kappa shape index (κ3) is 7.80. The second-order valence-corrected chi connectivity index (χ2v) is 7.67. The number of carbonyl (C=O) groups is 2. The molecule has 1 fully saturated rings. The van der Waals surface area contributed by atoms with Crippen LogP contribution in [-0.4, -0.2) is 11.6 Å². The minimum Gasteiger partial charge on any atom is -0.294 e. The Labute approximate surface area is 170 Å². The zero-order chi connectivity index (χ0) is 20.0. The highest BCUT2D eigenvalue weighted by atomic mass is 16.1. The van der Waals surface area contributed by atoms with Crippen LogP contribution in [0.25, 0.3) is 0 Å². The van der Waals surface area contributed by atoms with Gasteiger partial charge in [0.05, 0.1) is 0 Å². The van der Waals surface area contributed by atoms with Crippen molar-refractivity contribution in [1.29, 1.82) is 0 Å². The van der Waals surface area contributed by atoms with Crippen LogP contribution < -0.4 is 0 Å². The Morgan fingerprint density at radius 3 is 1.89 bits per heavy atom. The lowest BCUT2D eigenvalue weighted by atomic mass is 9.84. The molecule has 0 atom stereocenters. The van der Waals surface area contributed by atoms with Gasteiger partial charge in [0.25, 0.3) is 0 Å². The van der Waals surface area contributed by atoms with Crippen molar-refractivity contribution in [1.82, 2.24) is 0 Å². The number of hydrogen-bond acceptors (Lipinski definition) is 2. The summed E-state index contributed by atoms with van der Waals surface area (Å²) in [5, 5.41) is 0. The third-order valence-electron chi connectivity index (χ3n) is 5.39. The van der Waals surface area contributed by atoms with Crippen LogP contribution in [0.2, 0.25) is 0 Å². The molecular weight excluding hydrogens is 344 g/mol. The molecule has 3 rings (SSSR count). The van der Waals surface area contributed by atoms with Crippen molar-refractivity contribution in [3.63, 3.8) is 0 Å². The highest BCUT2D eigenvalue weighted by Gasteiger charge is 2.21. The Hall–Kier alpha value is -2.22. The predicted molar refractivity (Wildman–Crippen MR) is 117 cm³/mol. The van der Waals surface area contributed by atoms with Crippen molar-refractivity contribution in [3.8, 4) is 0 Å². The van der Waals surface area contributed by atoms with E-state index in [2.05, 4.69) is 6.92 Å². The van der Waals surface area contributed by atoms with Crippen LogP contribution in [0.4, 0.5) is 0 Å². The minimum atomic E-state index is 0.279. The molecule has 0 unspecified atom stereocenters. The van der Waals surface area contributed by atoms with Crippen LogP contribution in [0.1, 0.15) is 91.8 Å². The van der Waals surface area contributed by atoms with Gasteiger partial charge in [0.1, 0.15) is 0 Å². The van der Waals surface area contributed by atoms with Crippen LogP contribution in [0, 0.1) is 5.92 Å². The summed E-state index contributed by atoms with van der Waals surface area (Å²) in [4.78, 5) is 23.6. The topological polar surface area (TPSA) is 34.1 Å². The molecular formula is C26H34O2. The van der Waals surface area contributed by atoms with E-state index in [9.17, 15) is 9.59 Å². The quantitative estimate of drug-likeness (QED) is 0.357. The van der Waals surface area contributed by atoms with Crippen molar-refractivity contribution in [2.24, 2.45) is 5.92 Å². The molecule has 0 saturated heterocycles. The van der Waals surface area contributed by atoms with E-state index in [1.165, 1.54) is 38.5 Å². The zero-order valence-corrected chi connectivity index (χ0v) is 17.2. The maximum Gasteiger partial charge on any atom is 0.165 e. The summed E-state index contributed by atoms with van der Waals surface area (Å²) in [6.45, 7) is 2.18. The van der Waals surface area contributed by atoms with Crippen molar-refractivity contribution in [2.75, 3.05) is 0 Å². The number of benzene rings is 2. The van der Waals surface area contributed by atoms with Crippen LogP contribution in [0.5, 0.6) is 0 Å². The molecule has 0 spiro atoms. The van der Waals surface area contributed by atoms with Gasteiger partial charge in [0, 0.05) is 23.5 Å². The molecule has 0 N–H and O–H groups in total. The van der Waals surface area contributed by atoms with Gasteiger partial charge in [0.15, 0.2) is 11.6 Å². The zero-order valence-electron chi connectivity index (χ0n) is 17.2. The summed E-state index contributed by atoms with van der Waals surface area (Å²) >= 11 is 0. The van der Waals surface area contributed by atoms with E-state index in [1.807, 2.05) is 60.7 Å². The van der Waals surface area contributed by atoms with Gasteiger partial charge in [0.2, 0.25) is 0 Å². The fourth-order valence-electron chi connectivity index (χ4n) is 3.68. The Bertz CT molecular complexity index is 685. The van der Waals surface area contributed by atoms with E-state index in [-0.39, 0.29) is 5.78 Å². The average molecular weight is 379 g/mol. The van der Waals surface area contributed by atoms with E-state index in [0.29, 0.717) is 18.1 Å². The Morgan fingerprint density at radius 1 is 0.750 bits per heavy atom. The van der Waals surface area contributed by atoms with Crippen molar-refractivity contribution < 1.29 is 9.59 Å². The molecule has 0 radical (unpaired) electrons. The summed E-state index contributed by atoms with van der Waals surface area (Å²) < 4.78 is 0. The van der Waals surface area contributed by atoms with Gasteiger partial charge in [-0.2, -0.15) is 0 Å². The first-order valence-electron chi connectivity index (χ1n) is 10.9. The molecule has 0 bridgehead atoms. The minimum absolute atomic E-state index is 0.279. The molecule has 150 valence electrons. The number of rotatable bonds is 8. The number of Topliss-reactive ketones (excluding diaryl/α,β-unsaturated/α-hetero) is 2. The summed E-state index contributed by atoms with van der Waals surface area (Å²) in [6, 6.07) is 19.2. The Kier molecular flexibility index (Phi) is 10.3. The first-order valence-corrected chi connectivity index (χ1v) is 10.9. The summed E-state index contributed by atoms with van der Waals surface area (Å²) in [6.07, 6.45) is 11.3. The maximum atomic E-state index is 12.0. The smallest absolute Gasteiger partial charge is 0.165 e. The fraction of sp³-hybridized carbons (Fsp3) is 0.462. The fourth-order valence-corrected chi connectivity index (χ4v) is 3.68. The Balaban J connectivity index is 0.000000200. The summed E-state index contributed by atoms with van der Waals surface area (Å²) in [5.74, 6) is 0.929. The van der Waals surface area contributed by atoms with Gasteiger partial charge in [-0.1, -0.05) is 106 Å². The second-order valence-electron chi connectivity index (χ2n) is 7.67. The molecule has 1 aliphatic rings. The maximum absolute atomic E-state index is 12.0. The first kappa shape index (κ1) is 22.1. The lowest BCUT2D eigenvalue weighted by Gasteiger charge is -2.20. The third-order valence-corrected chi connectivity index (χ3v) is 5.39. The van der Waals surface area contributed by atoms with Crippen LogP contribution >= 0.6 is 0 Å². The molecule has 2 nitrogen and oxygen atoms in total. The van der Waals surface area contributed by atoms with E-state index >= 15 is 0 Å². The molecule has 2 aromatic rings. The Morgan fingerprint density at radius 2 is 1.32 bits per heavy atom. The van der Waals surface area contributed by atoms with Crippen molar-refractivity contribution in [2.45, 2.75) is 71.1 Å². The van der Waals surface area contributed by atoms with Gasteiger partial charge < -0.3 is 0 Å². The largest absolute Gasteiger partial charge is 0.294 e. The van der Waals surface area contributed by atoms with E-state index in [1.54, 1.807) is 0 Å². The summed E-state index contributed by atoms with van der Waals surface area (Å²) in [7, 11) is 0. The predicted octanol–water partition coefficient (Wildman–Crippen LogP) is 7.29. The molecule has 2 aromatic carbocycles. The van der Waals surface area contributed by atoms with E-state index in [0.717, 1.165) is 30.4 Å². The number of unbranched alkanes of at least 4 members (excludes halogenated alkanes) is 3. The lowest BCUT2D eigenvalue weighted by Crippen LogP contribution is -2.17. The monoisotopic (exact) mass is 378 g/mol. The van der Waals surface area contributed by atoms with E-state index in [4.69, 9.17) is 0 Å². The lowest BCUT2D eigenvalue weighted by molar-refractivity contribution is 0.0889. The molecule has 28 heavy (non-hydrogen) atoms. The molecule has 2 heteroatoms. The first-order chi connectivity index (χ1) is 13.7. The van der Waals surface area contributed by atoms with Crippen molar-refractivity contribution >= 4 is 11.6 Å². The SMILES string of the molecule is CCCCCCC(=O)c1ccccc1.O=C(c1ccccc1)C1CCCCC1. The standard InChI is InChI=1S/C13H16O.C13H18O/c14-13(11-7-3-1-4-8-11)12-9-5-2-6-10-12;1-2-3-4-8-11-13(14)12-9-6-5-7-10-12/h1,3-4,7-8,12H,2,5-6,9-10H2;5-7,9-10H,2-4,8,11H2,1H3. The average Bonchev–Trinajstić information content (AvgIpc) is 2.78.